The van der Waals surface area contributed by atoms with Gasteiger partial charge in [-0.25, -0.2) is 9.37 Å². The van der Waals surface area contributed by atoms with E-state index in [0.717, 1.165) is 28.4 Å². The Bertz CT molecular complexity index is 784. The average Bonchev–Trinajstić information content (AvgIpc) is 2.94. The van der Waals surface area contributed by atoms with Gasteiger partial charge >= 0.3 is 0 Å². The third kappa shape index (κ3) is 2.31. The minimum Gasteiger partial charge on any atom is -0.361 e. The molecule has 0 radical (unpaired) electrons. The maximum atomic E-state index is 13.4. The van der Waals surface area contributed by atoms with Crippen LogP contribution in [-0.4, -0.2) is 14.7 Å². The van der Waals surface area contributed by atoms with Crippen LogP contribution in [0.2, 0.25) is 0 Å². The fourth-order valence-electron chi connectivity index (χ4n) is 2.52. The van der Waals surface area contributed by atoms with Gasteiger partial charge in [0.25, 0.3) is 0 Å². The van der Waals surface area contributed by atoms with E-state index in [2.05, 4.69) is 10.1 Å². The van der Waals surface area contributed by atoms with Gasteiger partial charge in [-0.05, 0) is 32.9 Å². The smallest absolute Gasteiger partial charge is 0.138 e. The quantitative estimate of drug-likeness (QED) is 0.804. The van der Waals surface area contributed by atoms with Crippen LogP contribution in [0.3, 0.4) is 0 Å². The normalized spacial score (nSPS) is 13.0. The zero-order chi connectivity index (χ0) is 15.1. The average molecular weight is 288 g/mol. The summed E-state index contributed by atoms with van der Waals surface area (Å²) in [5.41, 5.74) is 9.30. The van der Waals surface area contributed by atoms with Crippen LogP contribution < -0.4 is 5.73 Å². The zero-order valence-corrected chi connectivity index (χ0v) is 12.2. The number of halogens is 1. The molecule has 0 aliphatic rings. The van der Waals surface area contributed by atoms with Crippen LogP contribution in [0, 0.1) is 19.7 Å². The third-order valence-electron chi connectivity index (χ3n) is 3.64. The number of aromatic nitrogens is 3. The summed E-state index contributed by atoms with van der Waals surface area (Å²) in [6.45, 7) is 6.19. The fraction of sp³-hybridized carbons (Fsp3) is 0.333. The van der Waals surface area contributed by atoms with Gasteiger partial charge < -0.3 is 14.8 Å². The molecule has 5 nitrogen and oxygen atoms in total. The van der Waals surface area contributed by atoms with E-state index >= 15 is 0 Å². The van der Waals surface area contributed by atoms with Crippen molar-refractivity contribution in [2.75, 3.05) is 0 Å². The van der Waals surface area contributed by atoms with Crippen LogP contribution in [-0.2, 0) is 6.54 Å². The molecule has 6 heteroatoms. The Labute approximate surface area is 121 Å². The van der Waals surface area contributed by atoms with Crippen LogP contribution in [0.4, 0.5) is 4.39 Å². The topological polar surface area (TPSA) is 69.9 Å². The molecule has 1 unspecified atom stereocenters. The summed E-state index contributed by atoms with van der Waals surface area (Å²) in [5, 5.41) is 3.97. The molecule has 3 rings (SSSR count). The molecule has 0 aliphatic carbocycles. The van der Waals surface area contributed by atoms with E-state index in [9.17, 15) is 4.39 Å². The predicted octanol–water partition coefficient (Wildman–Crippen LogP) is 2.85. The van der Waals surface area contributed by atoms with Crippen molar-refractivity contribution in [1.82, 2.24) is 14.7 Å². The first-order chi connectivity index (χ1) is 9.97. The van der Waals surface area contributed by atoms with Gasteiger partial charge in [-0.3, -0.25) is 0 Å². The summed E-state index contributed by atoms with van der Waals surface area (Å²) < 4.78 is 20.6. The Hall–Kier alpha value is -2.21. The molecule has 0 spiro atoms. The maximum Gasteiger partial charge on any atom is 0.138 e. The van der Waals surface area contributed by atoms with Gasteiger partial charge in [-0.15, -0.1) is 0 Å². The monoisotopic (exact) mass is 288 g/mol. The Kier molecular flexibility index (Phi) is 3.25. The molecule has 2 heterocycles. The summed E-state index contributed by atoms with van der Waals surface area (Å²) in [6, 6.07) is 4.33. The molecule has 2 N–H and O–H groups in total. The van der Waals surface area contributed by atoms with Gasteiger partial charge in [0.1, 0.15) is 17.4 Å². The minimum absolute atomic E-state index is 0.249. The summed E-state index contributed by atoms with van der Waals surface area (Å²) in [6.07, 6.45) is 0. The lowest BCUT2D eigenvalue weighted by molar-refractivity contribution is 0.392. The lowest BCUT2D eigenvalue weighted by atomic mass is 10.2. The number of hydrogen-bond donors (Lipinski definition) is 1. The molecular weight excluding hydrogens is 271 g/mol. The van der Waals surface area contributed by atoms with Gasteiger partial charge in [-0.1, -0.05) is 5.16 Å². The summed E-state index contributed by atoms with van der Waals surface area (Å²) in [5.74, 6) is 1.18. The second kappa shape index (κ2) is 4.96. The fourth-order valence-corrected chi connectivity index (χ4v) is 2.52. The number of hydrogen-bond acceptors (Lipinski definition) is 4. The van der Waals surface area contributed by atoms with Gasteiger partial charge in [0.05, 0.1) is 29.3 Å². The SMILES string of the molecule is Cc1noc(C)c1Cn1c(C(C)N)nc2cc(F)ccc21. The molecule has 2 aromatic heterocycles. The van der Waals surface area contributed by atoms with Crippen molar-refractivity contribution >= 4 is 11.0 Å². The van der Waals surface area contributed by atoms with Crippen LogP contribution in [0.25, 0.3) is 11.0 Å². The molecule has 3 aromatic rings. The molecule has 0 amide bonds. The largest absolute Gasteiger partial charge is 0.361 e. The highest BCUT2D eigenvalue weighted by molar-refractivity contribution is 5.76. The third-order valence-corrected chi connectivity index (χ3v) is 3.64. The predicted molar refractivity (Wildman–Crippen MR) is 77.4 cm³/mol. The molecule has 0 fully saturated rings. The van der Waals surface area contributed by atoms with Gasteiger partial charge in [0.2, 0.25) is 0 Å². The molecule has 21 heavy (non-hydrogen) atoms. The van der Waals surface area contributed by atoms with E-state index in [1.165, 1.54) is 12.1 Å². The van der Waals surface area contributed by atoms with E-state index < -0.39 is 0 Å². The molecule has 110 valence electrons. The number of nitrogens with two attached hydrogens (primary N) is 1. The van der Waals surface area contributed by atoms with Crippen molar-refractivity contribution in [3.8, 4) is 0 Å². The molecule has 0 aliphatic heterocycles. The first-order valence-corrected chi connectivity index (χ1v) is 6.80. The number of fused-ring (bicyclic) bond motifs is 1. The van der Waals surface area contributed by atoms with Crippen molar-refractivity contribution in [1.29, 1.82) is 0 Å². The van der Waals surface area contributed by atoms with E-state index in [0.29, 0.717) is 12.1 Å². The van der Waals surface area contributed by atoms with E-state index in [4.69, 9.17) is 10.3 Å². The van der Waals surface area contributed by atoms with E-state index in [-0.39, 0.29) is 11.9 Å². The van der Waals surface area contributed by atoms with Crippen molar-refractivity contribution in [2.45, 2.75) is 33.4 Å². The Morgan fingerprint density at radius 1 is 1.38 bits per heavy atom. The highest BCUT2D eigenvalue weighted by Gasteiger charge is 2.18. The number of rotatable bonds is 3. The lowest BCUT2D eigenvalue weighted by Crippen LogP contribution is -2.14. The maximum absolute atomic E-state index is 13.4. The minimum atomic E-state index is -0.305. The summed E-state index contributed by atoms with van der Waals surface area (Å²) >= 11 is 0. The number of aryl methyl sites for hydroxylation is 2. The molecule has 0 saturated carbocycles. The first-order valence-electron chi connectivity index (χ1n) is 6.80. The highest BCUT2D eigenvalue weighted by Crippen LogP contribution is 2.24. The number of imidazole rings is 1. The Morgan fingerprint density at radius 3 is 2.76 bits per heavy atom. The lowest BCUT2D eigenvalue weighted by Gasteiger charge is -2.11. The number of benzene rings is 1. The first kappa shape index (κ1) is 13.8. The van der Waals surface area contributed by atoms with E-state index in [1.54, 1.807) is 6.07 Å². The molecule has 1 aromatic carbocycles. The number of nitrogens with zero attached hydrogens (tertiary/aromatic N) is 3. The van der Waals surface area contributed by atoms with Crippen molar-refractivity contribution in [3.63, 3.8) is 0 Å². The highest BCUT2D eigenvalue weighted by atomic mass is 19.1. The van der Waals surface area contributed by atoms with Gasteiger partial charge in [-0.2, -0.15) is 0 Å². The standard InChI is InChI=1S/C15H17FN4O/c1-8(17)15-18-13-6-11(16)4-5-14(13)20(15)7-12-9(2)19-21-10(12)3/h4-6,8H,7,17H2,1-3H3. The second-order valence-electron chi connectivity index (χ2n) is 5.28. The summed E-state index contributed by atoms with van der Waals surface area (Å²) in [7, 11) is 0. The molecule has 0 saturated heterocycles. The van der Waals surface area contributed by atoms with Crippen molar-refractivity contribution in [2.24, 2.45) is 5.73 Å². The second-order valence-corrected chi connectivity index (χ2v) is 5.28. The van der Waals surface area contributed by atoms with Crippen LogP contribution in [0.5, 0.6) is 0 Å². The van der Waals surface area contributed by atoms with Gasteiger partial charge in [0.15, 0.2) is 0 Å². The molecular formula is C15H17FN4O. The van der Waals surface area contributed by atoms with Crippen molar-refractivity contribution in [3.05, 3.63) is 46.9 Å². The Balaban J connectivity index is 2.18. The zero-order valence-electron chi connectivity index (χ0n) is 12.2. The van der Waals surface area contributed by atoms with Crippen molar-refractivity contribution < 1.29 is 8.91 Å². The molecule has 1 atom stereocenters. The van der Waals surface area contributed by atoms with Crippen LogP contribution >= 0.6 is 0 Å². The Morgan fingerprint density at radius 2 is 2.14 bits per heavy atom. The van der Waals surface area contributed by atoms with Crippen LogP contribution in [0.15, 0.2) is 22.7 Å². The van der Waals surface area contributed by atoms with Gasteiger partial charge in [0, 0.05) is 11.6 Å². The van der Waals surface area contributed by atoms with E-state index in [1.807, 2.05) is 25.3 Å². The van der Waals surface area contributed by atoms with Crippen LogP contribution in [0.1, 0.15) is 35.8 Å². The molecule has 0 bridgehead atoms. The summed E-state index contributed by atoms with van der Waals surface area (Å²) in [4.78, 5) is 4.46.